The molecule has 0 N–H and O–H groups in total. The Hall–Kier alpha value is -2.44. The number of benzene rings is 2. The predicted molar refractivity (Wildman–Crippen MR) is 94.6 cm³/mol. The van der Waals surface area contributed by atoms with Gasteiger partial charge in [-0.3, -0.25) is 0 Å². The third kappa shape index (κ3) is 5.16. The zero-order valence-corrected chi connectivity index (χ0v) is 13.4. The molecule has 0 atom stereocenters. The lowest BCUT2D eigenvalue weighted by Crippen LogP contribution is -1.83. The van der Waals surface area contributed by atoms with Crippen LogP contribution in [-0.2, 0) is 12.8 Å². The summed E-state index contributed by atoms with van der Waals surface area (Å²) in [4.78, 5) is 0. The number of hydrogen-bond acceptors (Lipinski definition) is 0. The van der Waals surface area contributed by atoms with E-state index in [0.29, 0.717) is 0 Å². The van der Waals surface area contributed by atoms with Crippen molar-refractivity contribution in [1.82, 2.24) is 0 Å². The maximum absolute atomic E-state index is 3.09. The fourth-order valence-corrected chi connectivity index (χ4v) is 2.29. The molecule has 0 aliphatic heterocycles. The summed E-state index contributed by atoms with van der Waals surface area (Å²) in [7, 11) is 0. The molecule has 0 amide bonds. The first-order valence-electron chi connectivity index (χ1n) is 8.01. The molecule has 22 heavy (non-hydrogen) atoms. The van der Waals surface area contributed by atoms with Gasteiger partial charge in [-0.15, -0.1) is 0 Å². The van der Waals surface area contributed by atoms with Crippen LogP contribution in [0.3, 0.4) is 0 Å². The van der Waals surface area contributed by atoms with Gasteiger partial charge in [0.25, 0.3) is 0 Å². The third-order valence-electron chi connectivity index (χ3n) is 3.46. The summed E-state index contributed by atoms with van der Waals surface area (Å²) in [5.41, 5.74) is 4.78. The summed E-state index contributed by atoms with van der Waals surface area (Å²) in [6, 6.07) is 16.9. The minimum atomic E-state index is 1.02. The van der Waals surface area contributed by atoms with E-state index in [1.807, 2.05) is 0 Å². The molecule has 0 bridgehead atoms. The molecule has 0 radical (unpaired) electrons. The van der Waals surface area contributed by atoms with Crippen molar-refractivity contribution in [2.45, 2.75) is 39.5 Å². The maximum atomic E-state index is 3.09. The Balaban J connectivity index is 1.98. The Kier molecular flexibility index (Phi) is 6.35. The number of aryl methyl sites for hydroxylation is 2. The topological polar surface area (TPSA) is 0 Å². The van der Waals surface area contributed by atoms with E-state index >= 15 is 0 Å². The smallest absolute Gasteiger partial charge is 0.0255 e. The largest absolute Gasteiger partial charge is 0.0651 e. The molecule has 0 aliphatic rings. The third-order valence-corrected chi connectivity index (χ3v) is 3.46. The quantitative estimate of drug-likeness (QED) is 0.694. The highest BCUT2D eigenvalue weighted by Gasteiger charge is 1.91. The zero-order valence-electron chi connectivity index (χ0n) is 13.4. The molecule has 0 saturated carbocycles. The van der Waals surface area contributed by atoms with Crippen LogP contribution in [0.4, 0.5) is 0 Å². The van der Waals surface area contributed by atoms with Gasteiger partial charge in [-0.05, 0) is 60.1 Å². The highest BCUT2D eigenvalue weighted by Crippen LogP contribution is 2.06. The van der Waals surface area contributed by atoms with Crippen molar-refractivity contribution in [2.24, 2.45) is 0 Å². The molecule has 0 fully saturated rings. The Labute approximate surface area is 134 Å². The van der Waals surface area contributed by atoms with Crippen LogP contribution in [-0.4, -0.2) is 0 Å². The van der Waals surface area contributed by atoms with Crippen LogP contribution in [0.5, 0.6) is 0 Å². The van der Waals surface area contributed by atoms with Crippen molar-refractivity contribution >= 4 is 0 Å². The molecule has 0 aliphatic carbocycles. The molecular formula is C22H22. The first-order valence-corrected chi connectivity index (χ1v) is 8.01. The second-order valence-electron chi connectivity index (χ2n) is 5.39. The van der Waals surface area contributed by atoms with E-state index in [4.69, 9.17) is 0 Å². The number of rotatable bonds is 4. The van der Waals surface area contributed by atoms with E-state index < -0.39 is 0 Å². The van der Waals surface area contributed by atoms with Gasteiger partial charge in [-0.1, -0.05) is 62.8 Å². The number of hydrogen-bond donors (Lipinski definition) is 0. The summed E-state index contributed by atoms with van der Waals surface area (Å²) in [5, 5.41) is 0. The molecule has 2 aromatic rings. The Morgan fingerprint density at radius 3 is 1.27 bits per heavy atom. The minimum absolute atomic E-state index is 1.02. The van der Waals surface area contributed by atoms with Crippen molar-refractivity contribution in [1.29, 1.82) is 0 Å². The molecule has 0 aromatic heterocycles. The highest BCUT2D eigenvalue weighted by atomic mass is 14.0. The van der Waals surface area contributed by atoms with Gasteiger partial charge < -0.3 is 0 Å². The zero-order chi connectivity index (χ0) is 15.6. The van der Waals surface area contributed by atoms with Crippen molar-refractivity contribution in [2.75, 3.05) is 0 Å². The van der Waals surface area contributed by atoms with Crippen LogP contribution in [0.25, 0.3) is 0 Å². The van der Waals surface area contributed by atoms with Gasteiger partial charge in [-0.2, -0.15) is 0 Å². The van der Waals surface area contributed by atoms with Crippen molar-refractivity contribution in [3.05, 3.63) is 70.8 Å². The van der Waals surface area contributed by atoms with Gasteiger partial charge in [0.15, 0.2) is 0 Å². The van der Waals surface area contributed by atoms with Crippen molar-refractivity contribution in [3.63, 3.8) is 0 Å². The molecule has 0 unspecified atom stereocenters. The summed E-state index contributed by atoms with van der Waals surface area (Å²) >= 11 is 0. The van der Waals surface area contributed by atoms with Gasteiger partial charge >= 0.3 is 0 Å². The average molecular weight is 286 g/mol. The summed E-state index contributed by atoms with van der Waals surface area (Å²) in [6.45, 7) is 4.39. The molecule has 0 heteroatoms. The Morgan fingerprint density at radius 2 is 0.955 bits per heavy atom. The van der Waals surface area contributed by atoms with Crippen LogP contribution >= 0.6 is 0 Å². The second kappa shape index (κ2) is 8.76. The first-order chi connectivity index (χ1) is 10.8. The van der Waals surface area contributed by atoms with E-state index in [0.717, 1.165) is 24.0 Å². The molecule has 2 rings (SSSR count). The van der Waals surface area contributed by atoms with Crippen molar-refractivity contribution < 1.29 is 0 Å². The lowest BCUT2D eigenvalue weighted by molar-refractivity contribution is 0.922. The predicted octanol–water partition coefficient (Wildman–Crippen LogP) is 4.99. The molecule has 0 saturated heterocycles. The van der Waals surface area contributed by atoms with Gasteiger partial charge in [0.05, 0.1) is 0 Å². The normalized spacial score (nSPS) is 9.36. The average Bonchev–Trinajstić information content (AvgIpc) is 2.55. The van der Waals surface area contributed by atoms with Crippen molar-refractivity contribution in [3.8, 4) is 23.7 Å². The van der Waals surface area contributed by atoms with Gasteiger partial charge in [0, 0.05) is 11.1 Å². The molecule has 0 nitrogen and oxygen atoms in total. The minimum Gasteiger partial charge on any atom is -0.0651 e. The van der Waals surface area contributed by atoms with Gasteiger partial charge in [0.1, 0.15) is 0 Å². The SMILES string of the molecule is CCCc1ccc(C#CC#Cc2ccc(CCC)cc2)cc1. The fourth-order valence-electron chi connectivity index (χ4n) is 2.29. The second-order valence-corrected chi connectivity index (χ2v) is 5.39. The van der Waals surface area contributed by atoms with Crippen LogP contribution in [0.2, 0.25) is 0 Å². The molecule has 0 spiro atoms. The van der Waals surface area contributed by atoms with E-state index in [9.17, 15) is 0 Å². The lowest BCUT2D eigenvalue weighted by Gasteiger charge is -1.97. The molecular weight excluding hydrogens is 264 g/mol. The standard InChI is InChI=1S/C22H22/c1-3-7-19-11-15-21(16-12-19)9-5-6-10-22-17-13-20(8-4-2)14-18-22/h11-18H,3-4,7-8H2,1-2H3. The van der Waals surface area contributed by atoms with E-state index in [1.165, 1.54) is 24.0 Å². The summed E-state index contributed by atoms with van der Waals surface area (Å²) in [6.07, 6.45) is 4.60. The first kappa shape index (κ1) is 15.9. The van der Waals surface area contributed by atoms with Crippen LogP contribution in [0.15, 0.2) is 48.5 Å². The van der Waals surface area contributed by atoms with Crippen LogP contribution in [0, 0.1) is 23.7 Å². The summed E-state index contributed by atoms with van der Waals surface area (Å²) < 4.78 is 0. The Morgan fingerprint density at radius 1 is 0.591 bits per heavy atom. The van der Waals surface area contributed by atoms with E-state index in [-0.39, 0.29) is 0 Å². The Bertz CT molecular complexity index is 630. The van der Waals surface area contributed by atoms with E-state index in [1.54, 1.807) is 0 Å². The van der Waals surface area contributed by atoms with Crippen LogP contribution in [0.1, 0.15) is 48.9 Å². The fraction of sp³-hybridized carbons (Fsp3) is 0.273. The van der Waals surface area contributed by atoms with Gasteiger partial charge in [0.2, 0.25) is 0 Å². The van der Waals surface area contributed by atoms with E-state index in [2.05, 4.69) is 86.1 Å². The monoisotopic (exact) mass is 286 g/mol. The van der Waals surface area contributed by atoms with Crippen LogP contribution < -0.4 is 0 Å². The maximum Gasteiger partial charge on any atom is 0.0255 e. The van der Waals surface area contributed by atoms with Gasteiger partial charge in [-0.25, -0.2) is 0 Å². The summed E-state index contributed by atoms with van der Waals surface area (Å²) in [5.74, 6) is 12.0. The highest BCUT2D eigenvalue weighted by molar-refractivity contribution is 5.45. The lowest BCUT2D eigenvalue weighted by atomic mass is 10.1. The molecule has 2 aromatic carbocycles. The molecule has 110 valence electrons. The molecule has 0 heterocycles.